The maximum absolute atomic E-state index is 13.2. The number of rotatable bonds is 5. The number of fused-ring (bicyclic) bond motifs is 1. The highest BCUT2D eigenvalue weighted by molar-refractivity contribution is 5.92. The Morgan fingerprint density at radius 1 is 1.23 bits per heavy atom. The van der Waals surface area contributed by atoms with Gasteiger partial charge in [-0.05, 0) is 39.9 Å². The molecule has 1 aromatic carbocycles. The predicted octanol–water partition coefficient (Wildman–Crippen LogP) is 2.72. The second kappa shape index (κ2) is 8.78. The van der Waals surface area contributed by atoms with Crippen LogP contribution in [0.1, 0.15) is 40.5 Å². The molecule has 2 atom stereocenters. The van der Waals surface area contributed by atoms with Crippen molar-refractivity contribution in [2.24, 2.45) is 0 Å². The van der Waals surface area contributed by atoms with E-state index in [1.54, 1.807) is 6.92 Å². The Morgan fingerprint density at radius 3 is 2.77 bits per heavy atom. The molecule has 2 aromatic rings. The zero-order chi connectivity index (χ0) is 21.3. The third kappa shape index (κ3) is 4.37. The lowest BCUT2D eigenvalue weighted by atomic mass is 10.1. The van der Waals surface area contributed by atoms with Crippen LogP contribution in [0, 0.1) is 13.8 Å². The Labute approximate surface area is 178 Å². The van der Waals surface area contributed by atoms with Gasteiger partial charge in [-0.25, -0.2) is 4.98 Å². The summed E-state index contributed by atoms with van der Waals surface area (Å²) in [5, 5.41) is 0. The third-order valence-corrected chi connectivity index (χ3v) is 6.05. The highest BCUT2D eigenvalue weighted by atomic mass is 16.5. The maximum Gasteiger partial charge on any atom is 0.291 e. The molecule has 1 fully saturated rings. The van der Waals surface area contributed by atoms with Crippen molar-refractivity contribution >= 4 is 5.91 Å². The second-order valence-corrected chi connectivity index (χ2v) is 8.71. The Morgan fingerprint density at radius 2 is 2.03 bits per heavy atom. The van der Waals surface area contributed by atoms with E-state index in [9.17, 15) is 4.79 Å². The molecule has 7 nitrogen and oxygen atoms in total. The molecule has 162 valence electrons. The summed E-state index contributed by atoms with van der Waals surface area (Å²) in [5.74, 6) is 1.86. The van der Waals surface area contributed by atoms with Crippen LogP contribution in [0.2, 0.25) is 0 Å². The number of likely N-dealkylation sites (N-methyl/N-ethyl adjacent to an activating group) is 1. The maximum atomic E-state index is 13.2. The standard InChI is InChI=1S/C23H32N4O3/c1-16-22(30-17(2)24-16)23(28)27-11-7-9-19(27)14-26-12-18-8-5-6-10-21(18)29-15-20(26)13-25(3)4/h5-6,8,10,19-20H,7,9,11-15H2,1-4H3. The molecule has 2 aliphatic rings. The van der Waals surface area contributed by atoms with Crippen LogP contribution in [-0.2, 0) is 6.54 Å². The van der Waals surface area contributed by atoms with Gasteiger partial charge in [0.15, 0.2) is 5.89 Å². The SMILES string of the molecule is Cc1nc(C)c(C(=O)N2CCCC2CN2Cc3ccccc3OCC2CN(C)C)o1. The summed E-state index contributed by atoms with van der Waals surface area (Å²) >= 11 is 0. The lowest BCUT2D eigenvalue weighted by molar-refractivity contribution is 0.0589. The van der Waals surface area contributed by atoms with Crippen molar-refractivity contribution in [3.63, 3.8) is 0 Å². The van der Waals surface area contributed by atoms with E-state index in [-0.39, 0.29) is 18.0 Å². The number of hydrogen-bond acceptors (Lipinski definition) is 6. The molecule has 2 aliphatic heterocycles. The van der Waals surface area contributed by atoms with E-state index in [2.05, 4.69) is 41.0 Å². The summed E-state index contributed by atoms with van der Waals surface area (Å²) in [4.78, 5) is 24.2. The number of benzene rings is 1. The summed E-state index contributed by atoms with van der Waals surface area (Å²) in [6, 6.07) is 8.70. The van der Waals surface area contributed by atoms with Crippen molar-refractivity contribution in [3.05, 3.63) is 47.2 Å². The summed E-state index contributed by atoms with van der Waals surface area (Å²) in [5.41, 5.74) is 1.88. The van der Waals surface area contributed by atoms with E-state index in [0.29, 0.717) is 24.0 Å². The van der Waals surface area contributed by atoms with Crippen LogP contribution in [0.5, 0.6) is 5.75 Å². The zero-order valence-corrected chi connectivity index (χ0v) is 18.4. The van der Waals surface area contributed by atoms with Gasteiger partial charge in [-0.3, -0.25) is 9.69 Å². The van der Waals surface area contributed by atoms with Crippen molar-refractivity contribution in [1.29, 1.82) is 0 Å². The highest BCUT2D eigenvalue weighted by Gasteiger charge is 2.35. The molecule has 7 heteroatoms. The van der Waals surface area contributed by atoms with Crippen LogP contribution in [0.25, 0.3) is 0 Å². The van der Waals surface area contributed by atoms with Gasteiger partial charge in [0.1, 0.15) is 12.4 Å². The quantitative estimate of drug-likeness (QED) is 0.753. The lowest BCUT2D eigenvalue weighted by Gasteiger charge is -2.35. The van der Waals surface area contributed by atoms with E-state index < -0.39 is 0 Å². The topological polar surface area (TPSA) is 62.1 Å². The first-order chi connectivity index (χ1) is 14.4. The van der Waals surface area contributed by atoms with Crippen LogP contribution >= 0.6 is 0 Å². The van der Waals surface area contributed by atoms with Gasteiger partial charge in [0, 0.05) is 44.7 Å². The van der Waals surface area contributed by atoms with E-state index in [1.165, 1.54) is 5.56 Å². The molecule has 0 radical (unpaired) electrons. The number of likely N-dealkylation sites (tertiary alicyclic amines) is 1. The molecule has 1 aromatic heterocycles. The molecule has 0 N–H and O–H groups in total. The minimum Gasteiger partial charge on any atom is -0.492 e. The van der Waals surface area contributed by atoms with Gasteiger partial charge in [0.05, 0.1) is 11.7 Å². The Hall–Kier alpha value is -2.38. The predicted molar refractivity (Wildman–Crippen MR) is 115 cm³/mol. The number of ether oxygens (including phenoxy) is 1. The number of nitrogens with zero attached hydrogens (tertiary/aromatic N) is 4. The number of hydrogen-bond donors (Lipinski definition) is 0. The first-order valence-corrected chi connectivity index (χ1v) is 10.8. The minimum absolute atomic E-state index is 0.0359. The number of aryl methyl sites for hydroxylation is 2. The molecule has 30 heavy (non-hydrogen) atoms. The smallest absolute Gasteiger partial charge is 0.291 e. The third-order valence-electron chi connectivity index (χ3n) is 6.05. The molecular weight excluding hydrogens is 380 g/mol. The molecule has 4 rings (SSSR count). The van der Waals surface area contributed by atoms with Crippen molar-refractivity contribution in [2.75, 3.05) is 40.3 Å². The van der Waals surface area contributed by atoms with Crippen LogP contribution < -0.4 is 4.74 Å². The van der Waals surface area contributed by atoms with Crippen molar-refractivity contribution < 1.29 is 13.9 Å². The van der Waals surface area contributed by atoms with Gasteiger partial charge in [-0.15, -0.1) is 0 Å². The van der Waals surface area contributed by atoms with E-state index in [1.807, 2.05) is 24.0 Å². The molecule has 0 spiro atoms. The Bertz CT molecular complexity index is 894. The first kappa shape index (κ1) is 20.9. The first-order valence-electron chi connectivity index (χ1n) is 10.8. The second-order valence-electron chi connectivity index (χ2n) is 8.71. The normalized spacial score (nSPS) is 22.1. The summed E-state index contributed by atoms with van der Waals surface area (Å²) in [6.07, 6.45) is 2.02. The van der Waals surface area contributed by atoms with Gasteiger partial charge in [-0.2, -0.15) is 0 Å². The summed E-state index contributed by atoms with van der Waals surface area (Å²) in [6.45, 7) is 7.60. The van der Waals surface area contributed by atoms with Crippen LogP contribution in [0.4, 0.5) is 0 Å². The summed E-state index contributed by atoms with van der Waals surface area (Å²) < 4.78 is 11.8. The van der Waals surface area contributed by atoms with Crippen LogP contribution in [0.15, 0.2) is 28.7 Å². The van der Waals surface area contributed by atoms with Crippen molar-refractivity contribution in [3.8, 4) is 5.75 Å². The molecule has 0 bridgehead atoms. The number of para-hydroxylation sites is 1. The van der Waals surface area contributed by atoms with Crippen LogP contribution in [0.3, 0.4) is 0 Å². The fourth-order valence-corrected chi connectivity index (χ4v) is 4.64. The molecule has 2 unspecified atom stereocenters. The molecule has 0 saturated carbocycles. The average Bonchev–Trinajstić information content (AvgIpc) is 3.25. The van der Waals surface area contributed by atoms with E-state index >= 15 is 0 Å². The number of oxazole rings is 1. The summed E-state index contributed by atoms with van der Waals surface area (Å²) in [7, 11) is 4.19. The molecule has 3 heterocycles. The van der Waals surface area contributed by atoms with E-state index in [4.69, 9.17) is 9.15 Å². The van der Waals surface area contributed by atoms with Gasteiger partial charge >= 0.3 is 0 Å². The van der Waals surface area contributed by atoms with Gasteiger partial charge < -0.3 is 19.0 Å². The largest absolute Gasteiger partial charge is 0.492 e. The average molecular weight is 413 g/mol. The fourth-order valence-electron chi connectivity index (χ4n) is 4.64. The Balaban J connectivity index is 1.54. The molecule has 0 aliphatic carbocycles. The molecule has 1 saturated heterocycles. The monoisotopic (exact) mass is 412 g/mol. The minimum atomic E-state index is -0.0359. The van der Waals surface area contributed by atoms with Gasteiger partial charge in [-0.1, -0.05) is 18.2 Å². The highest BCUT2D eigenvalue weighted by Crippen LogP contribution is 2.28. The van der Waals surface area contributed by atoms with Gasteiger partial charge in [0.25, 0.3) is 5.91 Å². The zero-order valence-electron chi connectivity index (χ0n) is 18.4. The fraction of sp³-hybridized carbons (Fsp3) is 0.565. The Kier molecular flexibility index (Phi) is 6.11. The number of amides is 1. The van der Waals surface area contributed by atoms with Crippen LogP contribution in [-0.4, -0.2) is 78.0 Å². The number of carbonyl (C=O) groups excluding carboxylic acids is 1. The molecular formula is C23H32N4O3. The van der Waals surface area contributed by atoms with E-state index in [0.717, 1.165) is 44.8 Å². The molecule has 1 amide bonds. The lowest BCUT2D eigenvalue weighted by Crippen LogP contribution is -2.50. The van der Waals surface area contributed by atoms with Crippen molar-refractivity contribution in [1.82, 2.24) is 19.7 Å². The number of carbonyl (C=O) groups is 1. The van der Waals surface area contributed by atoms with Gasteiger partial charge in [0.2, 0.25) is 5.76 Å². The van der Waals surface area contributed by atoms with Crippen molar-refractivity contribution in [2.45, 2.75) is 45.3 Å². The number of aromatic nitrogens is 1.